The molecular weight excluding hydrogens is 1470 g/mol. The summed E-state index contributed by atoms with van der Waals surface area (Å²) in [6, 6.07) is 52.3. The monoisotopic (exact) mass is 1660 g/mol. The molecule has 0 saturated carbocycles. The van der Waals surface area contributed by atoms with E-state index in [1.165, 1.54) is 66.8 Å². The Balaban J connectivity index is 0.000000722. The summed E-state index contributed by atoms with van der Waals surface area (Å²) in [6.07, 6.45) is 21.2. The molecule has 0 fully saturated rings. The fraction of sp³-hybridized carbons (Fsp3) is 0.667. The minimum atomic E-state index is -0.319. The van der Waals surface area contributed by atoms with Gasteiger partial charge in [0, 0.05) is 68.5 Å². The van der Waals surface area contributed by atoms with Crippen molar-refractivity contribution in [2.45, 2.75) is 405 Å². The maximum absolute atomic E-state index is 6.83. The molecule has 0 heterocycles. The minimum absolute atomic E-state index is 0.105. The van der Waals surface area contributed by atoms with Gasteiger partial charge in [-0.25, -0.2) is 0 Å². The van der Waals surface area contributed by atoms with Crippen LogP contribution < -0.4 is 68.8 Å². The predicted octanol–water partition coefficient (Wildman–Crippen LogP) is 25.9. The number of hydrogen-bond donors (Lipinski definition) is 12. The third-order valence-electron chi connectivity index (χ3n) is 27.3. The highest BCUT2D eigenvalue weighted by atomic mass is 14.8. The van der Waals surface area contributed by atoms with Gasteiger partial charge in [0.05, 0.1) is 0 Å². The maximum Gasteiger partial charge on any atom is 0.0456 e. The quantitative estimate of drug-likeness (QED) is 0.0170. The normalized spacial score (nSPS) is 14.9. The first-order chi connectivity index (χ1) is 56.0. The number of rotatable bonds is 42. The molecule has 684 valence electrons. The van der Waals surface area contributed by atoms with E-state index >= 15 is 0 Å². The van der Waals surface area contributed by atoms with Crippen LogP contribution in [0.5, 0.6) is 0 Å². The SMILES string of the molecule is CCCC(N)(CCC)c1cccc(C(N)(C(C)C)C(C)C)c1.CCCC(N)(CCC)c1cccc(C(N)(CCC)C(C)C)c1.CCCC(N)(c1cccc(C(N)(C(C)C)C(C)C)c1)C(C)C.CCCC(N)c1cccc(C(N)(C(C)C)C(C)C)c1.CCCC(N)c1cccc(C(N)(CCC)C(C)C)c1.CCCC(N)c1cccc(C(N)C(C)C)c1. The average Bonchev–Trinajstić information content (AvgIpc) is 0.788. The van der Waals surface area contributed by atoms with Crippen LogP contribution in [-0.2, 0) is 44.3 Å². The lowest BCUT2D eigenvalue weighted by Crippen LogP contribution is -2.47. The highest BCUT2D eigenvalue weighted by Gasteiger charge is 2.41. The molecule has 0 amide bonds. The Morgan fingerprint density at radius 2 is 0.417 bits per heavy atom. The molecule has 12 heteroatoms. The van der Waals surface area contributed by atoms with Crippen molar-refractivity contribution in [3.8, 4) is 0 Å². The van der Waals surface area contributed by atoms with E-state index in [-0.39, 0.29) is 68.5 Å². The van der Waals surface area contributed by atoms with Crippen LogP contribution in [-0.4, -0.2) is 0 Å². The smallest absolute Gasteiger partial charge is 0.0456 e. The summed E-state index contributed by atoms with van der Waals surface area (Å²) < 4.78 is 0. The van der Waals surface area contributed by atoms with E-state index in [1.54, 1.807) is 0 Å². The van der Waals surface area contributed by atoms with Gasteiger partial charge < -0.3 is 68.8 Å². The Morgan fingerprint density at radius 1 is 0.217 bits per heavy atom. The molecule has 6 aromatic rings. The standard InChI is InChI=1S/3C20H36N2.2C17H30N2.C14H24N2/c1-8-12-19(21,14(2)3)17-10-9-11-18(13-17)20(22,15(4)5)16(6)7;1-7-12-19(21,13-8-2)17-10-9-11-18(14-17)20(22,15(3)4)16(5)6;1-6-12-19(21,13-7-2)17-10-9-11-18(15-17)20(22,14-8-3)16(4)5;1-6-8-16(18)14-9-7-10-15(11-14)17(19,12(2)3)13(4)5;1-5-8-16(18)14-9-7-10-15(12-14)17(19,11-6-2)13(3)4;1-4-6-13(15)11-7-5-8-12(9-11)14(16)10(2)3/h9-11,13-16H,8,12,21-22H2,1-7H3;9-11,14-16H,7-8,12-13,21-22H2,1-6H3;9-11,15-16H,6-8,12-14,21-22H2,1-5H3;7,9-13,16H,6,8,18-19H2,1-5H3;7,9-10,12-13,16H,5-6,8,11,18-19H2,1-4H3;5,7-10,13-14H,4,6,15-16H2,1-3H3. The first-order valence-electron chi connectivity index (χ1n) is 48.0. The van der Waals surface area contributed by atoms with Crippen molar-refractivity contribution < 1.29 is 0 Å². The lowest BCUT2D eigenvalue weighted by Gasteiger charge is -2.40. The highest BCUT2D eigenvalue weighted by Crippen LogP contribution is 2.43. The molecule has 24 N–H and O–H groups in total. The van der Waals surface area contributed by atoms with E-state index < -0.39 is 0 Å². The molecule has 0 aliphatic carbocycles. The molecule has 0 aromatic heterocycles. The molecule has 6 rings (SSSR count). The molecule has 0 aliphatic rings. The molecule has 0 radical (unpaired) electrons. The van der Waals surface area contributed by atoms with Crippen molar-refractivity contribution in [1.29, 1.82) is 0 Å². The van der Waals surface area contributed by atoms with Crippen LogP contribution in [0.3, 0.4) is 0 Å². The third kappa shape index (κ3) is 30.9. The Hall–Kier alpha value is -5.16. The Bertz CT molecular complexity index is 3700. The lowest BCUT2D eigenvalue weighted by molar-refractivity contribution is 0.225. The second-order valence-electron chi connectivity index (χ2n) is 39.5. The van der Waals surface area contributed by atoms with E-state index in [2.05, 4.69) is 353 Å². The highest BCUT2D eigenvalue weighted by molar-refractivity contribution is 5.39. The van der Waals surface area contributed by atoms with Crippen LogP contribution in [0.1, 0.15) is 427 Å². The largest absolute Gasteiger partial charge is 0.324 e. The van der Waals surface area contributed by atoms with Gasteiger partial charge in [0.25, 0.3) is 0 Å². The Kier molecular flexibility index (Phi) is 50.2. The van der Waals surface area contributed by atoms with Gasteiger partial charge in [-0.2, -0.15) is 0 Å². The molecule has 0 spiro atoms. The molecule has 0 bridgehead atoms. The third-order valence-corrected chi connectivity index (χ3v) is 27.3. The molecule has 120 heavy (non-hydrogen) atoms. The van der Waals surface area contributed by atoms with Gasteiger partial charge in [-0.3, -0.25) is 0 Å². The van der Waals surface area contributed by atoms with Crippen molar-refractivity contribution in [1.82, 2.24) is 0 Å². The van der Waals surface area contributed by atoms with Gasteiger partial charge in [-0.1, -0.05) is 418 Å². The van der Waals surface area contributed by atoms with Crippen molar-refractivity contribution in [3.63, 3.8) is 0 Å². The summed E-state index contributed by atoms with van der Waals surface area (Å²) in [7, 11) is 0. The predicted molar refractivity (Wildman–Crippen MR) is 531 cm³/mol. The summed E-state index contributed by atoms with van der Waals surface area (Å²) in [6.45, 7) is 65.9. The van der Waals surface area contributed by atoms with Crippen LogP contribution in [0.15, 0.2) is 146 Å². The Morgan fingerprint density at radius 3 is 0.667 bits per heavy atom. The van der Waals surface area contributed by atoms with E-state index in [0.29, 0.717) is 59.2 Å². The van der Waals surface area contributed by atoms with Crippen LogP contribution in [0.2, 0.25) is 0 Å². The molecule has 7 atom stereocenters. The van der Waals surface area contributed by atoms with Crippen molar-refractivity contribution in [3.05, 3.63) is 212 Å². The number of nitrogens with two attached hydrogens (primary N) is 12. The summed E-state index contributed by atoms with van der Waals surface area (Å²) in [5.74, 6) is 3.98. The number of hydrogen-bond acceptors (Lipinski definition) is 12. The molecule has 6 aromatic carbocycles. The first-order valence-corrected chi connectivity index (χ1v) is 48.0. The molecule has 7 unspecified atom stereocenters. The van der Waals surface area contributed by atoms with Crippen molar-refractivity contribution >= 4 is 0 Å². The van der Waals surface area contributed by atoms with Crippen LogP contribution in [0.4, 0.5) is 0 Å². The molecular formula is C108H192N12. The van der Waals surface area contributed by atoms with Crippen LogP contribution in [0, 0.1) is 59.2 Å². The summed E-state index contributed by atoms with van der Waals surface area (Å²) in [5, 5.41) is 0. The van der Waals surface area contributed by atoms with E-state index in [4.69, 9.17) is 68.8 Å². The van der Waals surface area contributed by atoms with Crippen LogP contribution in [0.25, 0.3) is 0 Å². The zero-order chi connectivity index (χ0) is 92.1. The zero-order valence-corrected chi connectivity index (χ0v) is 83.0. The van der Waals surface area contributed by atoms with E-state index in [1.807, 2.05) is 0 Å². The fourth-order valence-electron chi connectivity index (χ4n) is 18.4. The van der Waals surface area contributed by atoms with E-state index in [0.717, 1.165) is 128 Å². The topological polar surface area (TPSA) is 312 Å². The zero-order valence-electron chi connectivity index (χ0n) is 83.0. The van der Waals surface area contributed by atoms with Gasteiger partial charge in [0.15, 0.2) is 0 Å². The maximum atomic E-state index is 6.83. The van der Waals surface area contributed by atoms with Crippen molar-refractivity contribution in [2.24, 2.45) is 128 Å². The van der Waals surface area contributed by atoms with Crippen molar-refractivity contribution in [2.75, 3.05) is 0 Å². The Labute approximate surface area is 740 Å². The number of benzene rings is 6. The van der Waals surface area contributed by atoms with E-state index in [9.17, 15) is 0 Å². The summed E-state index contributed by atoms with van der Waals surface area (Å²) in [4.78, 5) is 0. The van der Waals surface area contributed by atoms with Gasteiger partial charge in [0.2, 0.25) is 0 Å². The second kappa shape index (κ2) is 53.3. The average molecular weight is 1660 g/mol. The summed E-state index contributed by atoms with van der Waals surface area (Å²) >= 11 is 0. The molecule has 0 aliphatic heterocycles. The van der Waals surface area contributed by atoms with Crippen LogP contribution >= 0.6 is 0 Å². The minimum Gasteiger partial charge on any atom is -0.324 e. The molecule has 12 nitrogen and oxygen atoms in total. The summed E-state index contributed by atoms with van der Waals surface area (Å²) in [5.41, 5.74) is 91.3. The van der Waals surface area contributed by atoms with Gasteiger partial charge in [-0.15, -0.1) is 0 Å². The first kappa shape index (κ1) is 113. The van der Waals surface area contributed by atoms with Gasteiger partial charge >= 0.3 is 0 Å². The fourth-order valence-corrected chi connectivity index (χ4v) is 18.4. The lowest BCUT2D eigenvalue weighted by atomic mass is 9.70. The second-order valence-corrected chi connectivity index (χ2v) is 39.5. The van der Waals surface area contributed by atoms with Gasteiger partial charge in [0.1, 0.15) is 0 Å². The van der Waals surface area contributed by atoms with Gasteiger partial charge in [-0.05, 0) is 190 Å². The molecule has 0 saturated heterocycles.